The van der Waals surface area contributed by atoms with Gasteiger partial charge in [0, 0.05) is 19.4 Å². The molecule has 1 spiro atoms. The van der Waals surface area contributed by atoms with Gasteiger partial charge in [0.25, 0.3) is 5.91 Å². The second kappa shape index (κ2) is 8.69. The van der Waals surface area contributed by atoms with E-state index >= 15 is 0 Å². The number of nitrogens with zero attached hydrogens (tertiary/aromatic N) is 2. The van der Waals surface area contributed by atoms with Crippen LogP contribution in [0.15, 0.2) is 24.3 Å². The molecule has 1 aliphatic heterocycles. The summed E-state index contributed by atoms with van der Waals surface area (Å²) in [5.74, 6) is 0.0478. The number of hydrogen-bond acceptors (Lipinski definition) is 4. The summed E-state index contributed by atoms with van der Waals surface area (Å²) in [7, 11) is 0. The number of halogens is 1. The lowest BCUT2D eigenvalue weighted by Gasteiger charge is -2.34. The van der Waals surface area contributed by atoms with Crippen molar-refractivity contribution in [2.24, 2.45) is 5.92 Å². The van der Waals surface area contributed by atoms with Crippen molar-refractivity contribution in [1.29, 1.82) is 0 Å². The lowest BCUT2D eigenvalue weighted by atomic mass is 9.86. The molecule has 0 bridgehead atoms. The average Bonchev–Trinajstić information content (AvgIpc) is 3.25. The zero-order valence-corrected chi connectivity index (χ0v) is 18.7. The number of hydrogen-bond donors (Lipinski definition) is 1. The topological polar surface area (TPSA) is 65.4 Å². The van der Waals surface area contributed by atoms with Crippen molar-refractivity contribution in [1.82, 2.24) is 15.1 Å². The molecule has 1 amide bonds. The van der Waals surface area contributed by atoms with Crippen LogP contribution in [0.2, 0.25) is 5.15 Å². The van der Waals surface area contributed by atoms with Gasteiger partial charge in [-0.05, 0) is 38.2 Å². The average molecular weight is 432 g/mol. The molecule has 1 aromatic carbocycles. The molecule has 1 aromatic heterocycles. The fourth-order valence-corrected chi connectivity index (χ4v) is 4.58. The Bertz CT molecular complexity index is 901. The maximum Gasteiger partial charge on any atom is 0.256 e. The van der Waals surface area contributed by atoms with Crippen molar-refractivity contribution < 1.29 is 14.3 Å². The molecule has 1 unspecified atom stereocenters. The number of benzene rings is 1. The number of aryl methyl sites for hydroxylation is 2. The fourth-order valence-electron chi connectivity index (χ4n) is 4.26. The van der Waals surface area contributed by atoms with E-state index in [1.54, 1.807) is 11.6 Å². The lowest BCUT2D eigenvalue weighted by molar-refractivity contribution is -0.191. The maximum atomic E-state index is 12.8. The minimum absolute atomic E-state index is 0.135. The van der Waals surface area contributed by atoms with E-state index in [4.69, 9.17) is 21.1 Å². The van der Waals surface area contributed by atoms with Crippen LogP contribution >= 0.6 is 11.6 Å². The van der Waals surface area contributed by atoms with Gasteiger partial charge < -0.3 is 14.8 Å². The molecule has 1 aliphatic carbocycles. The molecule has 1 saturated heterocycles. The van der Waals surface area contributed by atoms with Crippen LogP contribution in [0.5, 0.6) is 0 Å². The van der Waals surface area contributed by atoms with Crippen molar-refractivity contribution in [3.05, 3.63) is 51.8 Å². The van der Waals surface area contributed by atoms with E-state index in [0.717, 1.165) is 37.2 Å². The number of amides is 1. The van der Waals surface area contributed by atoms with Gasteiger partial charge in [-0.15, -0.1) is 0 Å². The molecule has 2 fully saturated rings. The van der Waals surface area contributed by atoms with Gasteiger partial charge in [0.05, 0.1) is 24.4 Å². The Balaban J connectivity index is 1.36. The lowest BCUT2D eigenvalue weighted by Crippen LogP contribution is -2.38. The van der Waals surface area contributed by atoms with E-state index in [9.17, 15) is 4.79 Å². The Kier molecular flexibility index (Phi) is 6.19. The first kappa shape index (κ1) is 21.3. The minimum atomic E-state index is -0.450. The molecule has 2 aliphatic rings. The molecule has 162 valence electrons. The van der Waals surface area contributed by atoms with Crippen molar-refractivity contribution in [3.8, 4) is 0 Å². The molecule has 1 N–H and O–H groups in total. The van der Waals surface area contributed by atoms with E-state index in [2.05, 4.69) is 29.5 Å². The summed E-state index contributed by atoms with van der Waals surface area (Å²) in [6.07, 6.45) is 3.95. The summed E-state index contributed by atoms with van der Waals surface area (Å²) in [4.78, 5) is 12.8. The zero-order chi connectivity index (χ0) is 21.3. The molecule has 0 radical (unpaired) electrons. The third kappa shape index (κ3) is 4.56. The summed E-state index contributed by atoms with van der Waals surface area (Å²) in [6.45, 7) is 7.55. The standard InChI is InChI=1S/C23H30ClN3O3/c1-15-4-6-18(7-5-15)13-27-21(24)20(17(3)26-27)22(28)25-12-19-14-29-23(30-19)10-8-16(2)9-11-23/h4-7,16,19H,8-14H2,1-3H3,(H,25,28). The Morgan fingerprint density at radius 2 is 1.97 bits per heavy atom. The first-order valence-corrected chi connectivity index (χ1v) is 11.1. The summed E-state index contributed by atoms with van der Waals surface area (Å²) < 4.78 is 13.8. The summed E-state index contributed by atoms with van der Waals surface area (Å²) in [6, 6.07) is 8.19. The van der Waals surface area contributed by atoms with Crippen LogP contribution in [0.4, 0.5) is 0 Å². The van der Waals surface area contributed by atoms with Crippen LogP contribution < -0.4 is 5.32 Å². The summed E-state index contributed by atoms with van der Waals surface area (Å²) in [5.41, 5.74) is 3.32. The molecule has 2 aromatic rings. The third-order valence-electron chi connectivity index (χ3n) is 6.19. The molecule has 7 heteroatoms. The van der Waals surface area contributed by atoms with Gasteiger partial charge >= 0.3 is 0 Å². The predicted octanol–water partition coefficient (Wildman–Crippen LogP) is 4.25. The predicted molar refractivity (Wildman–Crippen MR) is 116 cm³/mol. The molecular weight excluding hydrogens is 402 g/mol. The third-order valence-corrected chi connectivity index (χ3v) is 6.57. The van der Waals surface area contributed by atoms with Crippen LogP contribution in [0.3, 0.4) is 0 Å². The van der Waals surface area contributed by atoms with E-state index in [0.29, 0.717) is 36.1 Å². The van der Waals surface area contributed by atoms with Gasteiger partial charge in [0.2, 0.25) is 0 Å². The minimum Gasteiger partial charge on any atom is -0.349 e. The maximum absolute atomic E-state index is 12.8. The molecule has 6 nitrogen and oxygen atoms in total. The molecule has 4 rings (SSSR count). The number of rotatable bonds is 5. The zero-order valence-electron chi connectivity index (χ0n) is 17.9. The van der Waals surface area contributed by atoms with Crippen LogP contribution in [-0.2, 0) is 16.0 Å². The number of aromatic nitrogens is 2. The van der Waals surface area contributed by atoms with Gasteiger partial charge in [-0.2, -0.15) is 5.10 Å². The molecular formula is C23H30ClN3O3. The molecule has 2 heterocycles. The number of carbonyl (C=O) groups excluding carboxylic acids is 1. The summed E-state index contributed by atoms with van der Waals surface area (Å²) >= 11 is 6.52. The van der Waals surface area contributed by atoms with Crippen molar-refractivity contribution in [2.45, 2.75) is 64.9 Å². The highest BCUT2D eigenvalue weighted by molar-refractivity contribution is 6.33. The largest absolute Gasteiger partial charge is 0.349 e. The van der Waals surface area contributed by atoms with Crippen LogP contribution in [0, 0.1) is 19.8 Å². The van der Waals surface area contributed by atoms with Gasteiger partial charge in [-0.1, -0.05) is 48.4 Å². The number of carbonyl (C=O) groups is 1. The number of nitrogens with one attached hydrogen (secondary N) is 1. The van der Waals surface area contributed by atoms with Crippen LogP contribution in [-0.4, -0.2) is 40.7 Å². The SMILES string of the molecule is Cc1ccc(Cn2nc(C)c(C(=O)NCC3COC4(CCC(C)CC4)O3)c2Cl)cc1. The van der Waals surface area contributed by atoms with Crippen LogP contribution in [0.25, 0.3) is 0 Å². The van der Waals surface area contributed by atoms with Gasteiger partial charge in [-0.25, -0.2) is 4.68 Å². The quantitative estimate of drug-likeness (QED) is 0.768. The highest BCUT2D eigenvalue weighted by Crippen LogP contribution is 2.39. The second-order valence-electron chi connectivity index (χ2n) is 8.75. The van der Waals surface area contributed by atoms with E-state index in [1.807, 2.05) is 19.1 Å². The Hall–Kier alpha value is -1.89. The Morgan fingerprint density at radius 3 is 2.67 bits per heavy atom. The highest BCUT2D eigenvalue weighted by atomic mass is 35.5. The van der Waals surface area contributed by atoms with Gasteiger partial charge in [-0.3, -0.25) is 4.79 Å². The second-order valence-corrected chi connectivity index (χ2v) is 9.11. The normalized spacial score (nSPS) is 26.3. The monoisotopic (exact) mass is 431 g/mol. The van der Waals surface area contributed by atoms with E-state index < -0.39 is 5.79 Å². The first-order chi connectivity index (χ1) is 14.3. The Labute approximate surface area is 182 Å². The Morgan fingerprint density at radius 1 is 1.27 bits per heavy atom. The van der Waals surface area contributed by atoms with E-state index in [-0.39, 0.29) is 12.0 Å². The van der Waals surface area contributed by atoms with Crippen molar-refractivity contribution >= 4 is 17.5 Å². The van der Waals surface area contributed by atoms with E-state index in [1.165, 1.54) is 5.56 Å². The molecule has 1 saturated carbocycles. The molecule has 30 heavy (non-hydrogen) atoms. The smallest absolute Gasteiger partial charge is 0.256 e. The van der Waals surface area contributed by atoms with Gasteiger partial charge in [0.15, 0.2) is 5.79 Å². The van der Waals surface area contributed by atoms with Crippen molar-refractivity contribution in [2.75, 3.05) is 13.2 Å². The van der Waals surface area contributed by atoms with Crippen LogP contribution in [0.1, 0.15) is 59.8 Å². The highest BCUT2D eigenvalue weighted by Gasteiger charge is 2.43. The number of ether oxygens (including phenoxy) is 2. The van der Waals surface area contributed by atoms with Crippen molar-refractivity contribution in [3.63, 3.8) is 0 Å². The van der Waals surface area contributed by atoms with Gasteiger partial charge in [0.1, 0.15) is 11.3 Å². The fraction of sp³-hybridized carbons (Fsp3) is 0.565. The first-order valence-electron chi connectivity index (χ1n) is 10.7. The molecule has 1 atom stereocenters. The summed E-state index contributed by atoms with van der Waals surface area (Å²) in [5, 5.41) is 7.78.